The van der Waals surface area contributed by atoms with E-state index >= 15 is 0 Å². The van der Waals surface area contributed by atoms with Crippen LogP contribution in [-0.4, -0.2) is 129 Å². The number of hydrogen-bond donors (Lipinski definition) is 0. The molecule has 0 radical (unpaired) electrons. The van der Waals surface area contributed by atoms with Gasteiger partial charge in [0.05, 0.1) is 0 Å². The third-order valence-electron chi connectivity index (χ3n) is 0. The van der Waals surface area contributed by atoms with Gasteiger partial charge in [-0.05, 0) is 0 Å². The van der Waals surface area contributed by atoms with E-state index in [4.69, 9.17) is 0 Å². The minimum absolute atomic E-state index is 0. The smallest absolute Gasteiger partial charge is 0 e. The molecule has 4 heteroatoms. The van der Waals surface area contributed by atoms with Crippen LogP contribution in [0, 0.1) is 0 Å². The average molecular weight is 287 g/mol. The molecule has 0 nitrogen and oxygen atoms in total. The van der Waals surface area contributed by atoms with E-state index in [1.54, 1.807) is 0 Å². The van der Waals surface area contributed by atoms with Gasteiger partial charge in [-0.25, -0.2) is 0 Å². The Morgan fingerprint density at radius 1 is 0.750 bits per heavy atom. The molecule has 0 N–H and O–H groups in total. The van der Waals surface area contributed by atoms with E-state index in [2.05, 4.69) is 0 Å². The molecule has 0 aromatic heterocycles. The molecular weight excluding hydrogens is 281 g/mol. The molecule has 0 heterocycles. The van der Waals surface area contributed by atoms with Crippen molar-refractivity contribution in [1.29, 1.82) is 0 Å². The van der Waals surface area contributed by atoms with Crippen molar-refractivity contribution in [3.05, 3.63) is 0 Å². The van der Waals surface area contributed by atoms with Gasteiger partial charge in [-0.15, -0.1) is 0 Å². The molecule has 0 spiro atoms. The molecule has 0 amide bonds. The van der Waals surface area contributed by atoms with Crippen LogP contribution in [0.25, 0.3) is 0 Å². The molecule has 4 heavy (non-hydrogen) atoms. The topological polar surface area (TPSA) is 0 Å². The monoisotopic (exact) mass is 286 g/mol. The Hall–Kier alpha value is 4.84. The summed E-state index contributed by atoms with van der Waals surface area (Å²) in [5.41, 5.74) is 0. The maximum Gasteiger partial charge on any atom is 0 e. The van der Waals surface area contributed by atoms with E-state index in [0.717, 1.165) is 0 Å². The van der Waals surface area contributed by atoms with Crippen molar-refractivity contribution in [2.24, 2.45) is 0 Å². The molecule has 0 rings (SSSR count). The first-order chi connectivity index (χ1) is 0. The number of rotatable bonds is 0. The van der Waals surface area contributed by atoms with Crippen molar-refractivity contribution in [3.63, 3.8) is 0 Å². The SMILES string of the molecule is [CaH2].[SrH2].[SrH2].[Zn]. The quantitative estimate of drug-likeness (QED) is 0.424. The Labute approximate surface area is 143 Å². The summed E-state index contributed by atoms with van der Waals surface area (Å²) in [6.07, 6.45) is 0. The van der Waals surface area contributed by atoms with Crippen LogP contribution in [0.1, 0.15) is 0 Å². The first-order valence-electron chi connectivity index (χ1n) is 0. The van der Waals surface area contributed by atoms with Crippen molar-refractivity contribution in [2.75, 3.05) is 0 Å². The van der Waals surface area contributed by atoms with Gasteiger partial charge in [0.2, 0.25) is 0 Å². The largest absolute Gasteiger partial charge is 0 e. The summed E-state index contributed by atoms with van der Waals surface area (Å²) in [7, 11) is 0. The summed E-state index contributed by atoms with van der Waals surface area (Å²) < 4.78 is 0. The van der Waals surface area contributed by atoms with E-state index in [1.807, 2.05) is 0 Å². The van der Waals surface area contributed by atoms with Gasteiger partial charge in [0.1, 0.15) is 0 Å². The molecule has 0 unspecified atom stereocenters. The summed E-state index contributed by atoms with van der Waals surface area (Å²) in [6.45, 7) is 0. The summed E-state index contributed by atoms with van der Waals surface area (Å²) >= 11 is 0. The van der Waals surface area contributed by atoms with Crippen LogP contribution in [0.2, 0.25) is 0 Å². The third-order valence-corrected chi connectivity index (χ3v) is 0. The molecule has 0 saturated heterocycles. The average Bonchev–Trinajstić information content (AvgIpc) is 0. The van der Waals surface area contributed by atoms with Crippen molar-refractivity contribution < 1.29 is 19.5 Å². The Kier molecular flexibility index (Phi) is 90.8. The second-order valence-electron chi connectivity index (χ2n) is 0. The molecule has 0 aliphatic carbocycles. The molecule has 0 aromatic rings. The van der Waals surface area contributed by atoms with E-state index in [9.17, 15) is 0 Å². The van der Waals surface area contributed by atoms with Gasteiger partial charge in [-0.3, -0.25) is 0 Å². The first-order valence-corrected chi connectivity index (χ1v) is 0. The zero-order valence-electron chi connectivity index (χ0n) is 0.707. The molecule has 0 aliphatic heterocycles. The van der Waals surface area contributed by atoms with E-state index in [1.165, 1.54) is 0 Å². The molecule has 0 saturated carbocycles. The van der Waals surface area contributed by atoms with E-state index in [-0.39, 0.29) is 148 Å². The Bertz CT molecular complexity index is 6.00. The molecule has 0 fully saturated rings. The van der Waals surface area contributed by atoms with Gasteiger partial charge in [0, 0.05) is 19.5 Å². The van der Waals surface area contributed by atoms with Crippen LogP contribution in [0.15, 0.2) is 0 Å². The zero-order chi connectivity index (χ0) is 0. The van der Waals surface area contributed by atoms with Crippen LogP contribution < -0.4 is 0 Å². The summed E-state index contributed by atoms with van der Waals surface area (Å²) in [4.78, 5) is 0. The molecule has 0 aliphatic rings. The minimum Gasteiger partial charge on any atom is 0 e. The number of hydrogen-bond acceptors (Lipinski definition) is 0. The fourth-order valence-electron chi connectivity index (χ4n) is 0. The van der Waals surface area contributed by atoms with Gasteiger partial charge < -0.3 is 0 Å². The molecule has 0 aromatic carbocycles. The molecule has 0 bridgehead atoms. The zero-order valence-corrected chi connectivity index (χ0v) is 3.67. The standard InChI is InChI=1S/Ca.2Sr.Zn.6H. The van der Waals surface area contributed by atoms with E-state index in [0.29, 0.717) is 0 Å². The molecule has 14 valence electrons. The second-order valence-corrected chi connectivity index (χ2v) is 0. The summed E-state index contributed by atoms with van der Waals surface area (Å²) in [5, 5.41) is 0. The Morgan fingerprint density at radius 2 is 0.750 bits per heavy atom. The van der Waals surface area contributed by atoms with Crippen molar-refractivity contribution in [2.45, 2.75) is 0 Å². The maximum absolute atomic E-state index is 0. The third kappa shape index (κ3) is 9.96. The van der Waals surface area contributed by atoms with Gasteiger partial charge in [-0.1, -0.05) is 0 Å². The predicted molar refractivity (Wildman–Crippen MR) is 25.6 cm³/mol. The predicted octanol–water partition coefficient (Wildman–Crippen LogP) is -2.75. The fraction of sp³-hybridized carbons (Fsp3) is 0. The fourth-order valence-corrected chi connectivity index (χ4v) is 0. The van der Waals surface area contributed by atoms with Crippen LogP contribution in [0.5, 0.6) is 0 Å². The van der Waals surface area contributed by atoms with Crippen LogP contribution in [0.3, 0.4) is 0 Å². The maximum atomic E-state index is 0. The van der Waals surface area contributed by atoms with Crippen molar-refractivity contribution >= 4 is 129 Å². The summed E-state index contributed by atoms with van der Waals surface area (Å²) in [5.74, 6) is 0. The van der Waals surface area contributed by atoms with Crippen molar-refractivity contribution in [1.82, 2.24) is 0 Å². The Morgan fingerprint density at radius 3 is 0.750 bits per heavy atom. The van der Waals surface area contributed by atoms with Gasteiger partial charge >= 0.3 is 129 Å². The van der Waals surface area contributed by atoms with Crippen LogP contribution in [0.4, 0.5) is 0 Å². The molecule has 0 atom stereocenters. The summed E-state index contributed by atoms with van der Waals surface area (Å²) in [6, 6.07) is 0. The normalized spacial score (nSPS) is 0. The van der Waals surface area contributed by atoms with Crippen molar-refractivity contribution in [3.8, 4) is 0 Å². The van der Waals surface area contributed by atoms with E-state index < -0.39 is 0 Å². The minimum atomic E-state index is 0. The van der Waals surface area contributed by atoms with Gasteiger partial charge in [0.25, 0.3) is 0 Å². The molecular formula is H6CaSr2Zn. The second kappa shape index (κ2) is 15.7. The van der Waals surface area contributed by atoms with Crippen LogP contribution in [-0.2, 0) is 19.5 Å². The van der Waals surface area contributed by atoms with Gasteiger partial charge in [-0.2, -0.15) is 0 Å². The van der Waals surface area contributed by atoms with Gasteiger partial charge in [0.15, 0.2) is 0 Å². The Balaban J connectivity index is 0. The first kappa shape index (κ1) is 23.2. The van der Waals surface area contributed by atoms with Crippen LogP contribution >= 0.6 is 0 Å².